The van der Waals surface area contributed by atoms with Crippen molar-refractivity contribution in [2.45, 2.75) is 11.8 Å². The van der Waals surface area contributed by atoms with Crippen molar-refractivity contribution in [2.24, 2.45) is 0 Å². The molecule has 2 aromatic rings. The Hall–Kier alpha value is -2.09. The van der Waals surface area contributed by atoms with Crippen molar-refractivity contribution in [3.8, 4) is 0 Å². The first-order valence-electron chi connectivity index (χ1n) is 7.50. The molecule has 0 radical (unpaired) electrons. The molecule has 0 aliphatic rings. The second-order valence-corrected chi connectivity index (χ2v) is 7.38. The van der Waals surface area contributed by atoms with Crippen molar-refractivity contribution in [2.75, 3.05) is 25.0 Å². The van der Waals surface area contributed by atoms with Crippen LogP contribution in [0.15, 0.2) is 47.4 Å². The highest BCUT2D eigenvalue weighted by Crippen LogP contribution is 2.25. The number of carbonyl (C=O) groups excluding carboxylic acids is 1. The molecule has 0 unspecified atom stereocenters. The Labute approximate surface area is 152 Å². The van der Waals surface area contributed by atoms with E-state index in [0.29, 0.717) is 29.4 Å². The number of hydrogen-bond acceptors (Lipinski definition) is 4. The summed E-state index contributed by atoms with van der Waals surface area (Å²) < 4.78 is 32.5. The summed E-state index contributed by atoms with van der Waals surface area (Å²) in [5.41, 5.74) is 1.27. The van der Waals surface area contributed by atoms with E-state index in [1.165, 1.54) is 25.3 Å². The summed E-state index contributed by atoms with van der Waals surface area (Å²) in [6.45, 7) is 2.44. The van der Waals surface area contributed by atoms with Gasteiger partial charge in [-0.05, 0) is 42.8 Å². The number of halogens is 1. The van der Waals surface area contributed by atoms with Gasteiger partial charge in [0.2, 0.25) is 0 Å². The van der Waals surface area contributed by atoms with Crippen LogP contribution in [0.5, 0.6) is 0 Å². The molecule has 0 atom stereocenters. The Morgan fingerprint density at radius 2 is 1.92 bits per heavy atom. The SMILES string of the molecule is COCCNC(=O)c1cccc(S(=O)(=O)Nc2cccc(Cl)c2C)c1. The van der Waals surface area contributed by atoms with Crippen molar-refractivity contribution < 1.29 is 17.9 Å². The van der Waals surface area contributed by atoms with Crippen molar-refractivity contribution in [1.82, 2.24) is 5.32 Å². The summed E-state index contributed by atoms with van der Waals surface area (Å²) in [4.78, 5) is 12.0. The van der Waals surface area contributed by atoms with Gasteiger partial charge in [0.15, 0.2) is 0 Å². The quantitative estimate of drug-likeness (QED) is 0.721. The smallest absolute Gasteiger partial charge is 0.261 e. The summed E-state index contributed by atoms with van der Waals surface area (Å²) in [5.74, 6) is -0.368. The minimum Gasteiger partial charge on any atom is -0.383 e. The lowest BCUT2D eigenvalue weighted by Crippen LogP contribution is -2.27. The molecule has 2 rings (SSSR count). The summed E-state index contributed by atoms with van der Waals surface area (Å²) in [6.07, 6.45) is 0. The zero-order valence-corrected chi connectivity index (χ0v) is 15.4. The Morgan fingerprint density at radius 3 is 2.64 bits per heavy atom. The van der Waals surface area contributed by atoms with E-state index in [1.807, 2.05) is 0 Å². The molecule has 0 spiro atoms. The molecule has 0 fully saturated rings. The van der Waals surface area contributed by atoms with E-state index in [9.17, 15) is 13.2 Å². The van der Waals surface area contributed by atoms with E-state index in [-0.39, 0.29) is 16.4 Å². The maximum absolute atomic E-state index is 12.6. The average Bonchev–Trinajstić information content (AvgIpc) is 2.59. The topological polar surface area (TPSA) is 84.5 Å². The summed E-state index contributed by atoms with van der Waals surface area (Å²) in [6, 6.07) is 10.8. The molecule has 0 saturated carbocycles. The van der Waals surface area contributed by atoms with Gasteiger partial charge in [0.25, 0.3) is 15.9 Å². The molecule has 0 aromatic heterocycles. The van der Waals surface area contributed by atoms with Crippen molar-refractivity contribution >= 4 is 33.2 Å². The molecule has 2 N–H and O–H groups in total. The molecule has 25 heavy (non-hydrogen) atoms. The molecular weight excluding hydrogens is 364 g/mol. The Morgan fingerprint density at radius 1 is 1.20 bits per heavy atom. The fourth-order valence-electron chi connectivity index (χ4n) is 2.09. The van der Waals surface area contributed by atoms with E-state index in [4.69, 9.17) is 16.3 Å². The van der Waals surface area contributed by atoms with E-state index in [2.05, 4.69) is 10.0 Å². The van der Waals surface area contributed by atoms with Crippen LogP contribution in [0.25, 0.3) is 0 Å². The number of benzene rings is 2. The van der Waals surface area contributed by atoms with Gasteiger partial charge in [-0.3, -0.25) is 9.52 Å². The monoisotopic (exact) mass is 382 g/mol. The van der Waals surface area contributed by atoms with E-state index >= 15 is 0 Å². The van der Waals surface area contributed by atoms with Gasteiger partial charge in [0.05, 0.1) is 17.2 Å². The second-order valence-electron chi connectivity index (χ2n) is 5.29. The van der Waals surface area contributed by atoms with Crippen LogP contribution in [0.4, 0.5) is 5.69 Å². The lowest BCUT2D eigenvalue weighted by atomic mass is 10.2. The zero-order chi connectivity index (χ0) is 18.4. The largest absolute Gasteiger partial charge is 0.383 e. The fourth-order valence-corrected chi connectivity index (χ4v) is 3.44. The summed E-state index contributed by atoms with van der Waals surface area (Å²) >= 11 is 6.02. The Balaban J connectivity index is 2.23. The number of sulfonamides is 1. The molecule has 8 heteroatoms. The minimum atomic E-state index is -3.85. The highest BCUT2D eigenvalue weighted by molar-refractivity contribution is 7.92. The van der Waals surface area contributed by atoms with Crippen LogP contribution in [0.1, 0.15) is 15.9 Å². The van der Waals surface area contributed by atoms with Crippen LogP contribution >= 0.6 is 11.6 Å². The Kier molecular flexibility index (Phi) is 6.41. The lowest BCUT2D eigenvalue weighted by Gasteiger charge is -2.12. The number of anilines is 1. The zero-order valence-electron chi connectivity index (χ0n) is 13.9. The number of rotatable bonds is 7. The van der Waals surface area contributed by atoms with E-state index in [0.717, 1.165) is 0 Å². The molecule has 0 saturated heterocycles. The van der Waals surface area contributed by atoms with Gasteiger partial charge in [0.1, 0.15) is 0 Å². The first kappa shape index (κ1) is 19.2. The van der Waals surface area contributed by atoms with Gasteiger partial charge in [-0.15, -0.1) is 0 Å². The first-order valence-corrected chi connectivity index (χ1v) is 9.36. The third-order valence-electron chi connectivity index (χ3n) is 3.51. The van der Waals surface area contributed by atoms with Gasteiger partial charge in [-0.1, -0.05) is 23.7 Å². The predicted molar refractivity (Wildman–Crippen MR) is 97.6 cm³/mol. The fraction of sp³-hybridized carbons (Fsp3) is 0.235. The van der Waals surface area contributed by atoms with Crippen molar-refractivity contribution in [1.29, 1.82) is 0 Å². The van der Waals surface area contributed by atoms with Crippen LogP contribution in [0.3, 0.4) is 0 Å². The van der Waals surface area contributed by atoms with Gasteiger partial charge >= 0.3 is 0 Å². The normalized spacial score (nSPS) is 11.2. The first-order chi connectivity index (χ1) is 11.8. The summed E-state index contributed by atoms with van der Waals surface area (Å²) in [5, 5.41) is 3.11. The molecule has 2 aromatic carbocycles. The van der Waals surface area contributed by atoms with Gasteiger partial charge in [-0.25, -0.2) is 8.42 Å². The number of carbonyl (C=O) groups is 1. The number of amides is 1. The second kappa shape index (κ2) is 8.33. The van der Waals surface area contributed by atoms with Crippen molar-refractivity contribution in [3.63, 3.8) is 0 Å². The minimum absolute atomic E-state index is 0.00809. The number of hydrogen-bond donors (Lipinski definition) is 2. The van der Waals surface area contributed by atoms with Crippen LogP contribution in [-0.2, 0) is 14.8 Å². The predicted octanol–water partition coefficient (Wildman–Crippen LogP) is 2.83. The Bertz CT molecular complexity index is 869. The molecule has 0 bridgehead atoms. The van der Waals surface area contributed by atoms with Crippen LogP contribution in [0.2, 0.25) is 5.02 Å². The summed E-state index contributed by atoms with van der Waals surface area (Å²) in [7, 11) is -2.32. The maximum atomic E-state index is 12.6. The third kappa shape index (κ3) is 4.94. The average molecular weight is 383 g/mol. The van der Waals surface area contributed by atoms with E-state index < -0.39 is 10.0 Å². The van der Waals surface area contributed by atoms with Gasteiger partial charge < -0.3 is 10.1 Å². The highest BCUT2D eigenvalue weighted by Gasteiger charge is 2.17. The van der Waals surface area contributed by atoms with E-state index in [1.54, 1.807) is 31.2 Å². The number of ether oxygens (including phenoxy) is 1. The molecule has 1 amide bonds. The molecule has 0 aliphatic carbocycles. The third-order valence-corrected chi connectivity index (χ3v) is 5.28. The molecule has 6 nitrogen and oxygen atoms in total. The highest BCUT2D eigenvalue weighted by atomic mass is 35.5. The van der Waals surface area contributed by atoms with Crippen LogP contribution < -0.4 is 10.0 Å². The molecule has 0 heterocycles. The molecule has 134 valence electrons. The van der Waals surface area contributed by atoms with Crippen LogP contribution in [0, 0.1) is 6.92 Å². The van der Waals surface area contributed by atoms with Gasteiger partial charge in [0, 0.05) is 24.2 Å². The van der Waals surface area contributed by atoms with Crippen LogP contribution in [-0.4, -0.2) is 34.6 Å². The van der Waals surface area contributed by atoms with Gasteiger partial charge in [-0.2, -0.15) is 0 Å². The maximum Gasteiger partial charge on any atom is 0.261 e. The van der Waals surface area contributed by atoms with Crippen molar-refractivity contribution in [3.05, 3.63) is 58.6 Å². The number of methoxy groups -OCH3 is 1. The number of nitrogens with one attached hydrogen (secondary N) is 2. The molecule has 0 aliphatic heterocycles. The standard InChI is InChI=1S/C17H19ClN2O4S/c1-12-15(18)7-4-8-16(12)20-25(22,23)14-6-3-5-13(11-14)17(21)19-9-10-24-2/h3-8,11,20H,9-10H2,1-2H3,(H,19,21). The lowest BCUT2D eigenvalue weighted by molar-refractivity contribution is 0.0937. The molecular formula is C17H19ClN2O4S.